The van der Waals surface area contributed by atoms with Crippen LogP contribution in [0.3, 0.4) is 0 Å². The molecule has 0 spiro atoms. The van der Waals surface area contributed by atoms with E-state index in [2.05, 4.69) is 4.74 Å². The van der Waals surface area contributed by atoms with Gasteiger partial charge in [-0.3, -0.25) is 4.79 Å². The number of rotatable bonds is 6. The molecule has 2 atom stereocenters. The number of hydrogen-bond donors (Lipinski definition) is 0. The molecular weight excluding hydrogens is 416 g/mol. The van der Waals surface area contributed by atoms with E-state index in [1.54, 1.807) is 6.92 Å². The van der Waals surface area contributed by atoms with Gasteiger partial charge in [0.1, 0.15) is 11.6 Å². The predicted molar refractivity (Wildman–Crippen MR) is 93.5 cm³/mol. The number of ether oxygens (including phenoxy) is 2. The number of carbonyl (C=O) groups excluding carboxylic acids is 1. The summed E-state index contributed by atoms with van der Waals surface area (Å²) in [6.45, 7) is 1.55. The molecule has 3 rings (SSSR count). The van der Waals surface area contributed by atoms with E-state index in [1.165, 1.54) is 12.1 Å². The van der Waals surface area contributed by atoms with Crippen molar-refractivity contribution in [3.05, 3.63) is 59.2 Å². The van der Waals surface area contributed by atoms with Gasteiger partial charge >= 0.3 is 6.36 Å². The molecule has 10 heteroatoms. The summed E-state index contributed by atoms with van der Waals surface area (Å²) in [5.74, 6) is -3.81. The molecular formula is C20H17F6NO3. The maximum absolute atomic E-state index is 14.5. The Morgan fingerprint density at radius 1 is 1.10 bits per heavy atom. The van der Waals surface area contributed by atoms with Gasteiger partial charge in [0.15, 0.2) is 17.7 Å². The molecule has 1 aliphatic rings. The third-order valence-electron chi connectivity index (χ3n) is 4.58. The third-order valence-corrected chi connectivity index (χ3v) is 4.58. The Balaban J connectivity index is 1.91. The van der Waals surface area contributed by atoms with Crippen molar-refractivity contribution in [3.8, 4) is 11.5 Å². The Labute approximate surface area is 168 Å². The molecule has 0 aromatic heterocycles. The van der Waals surface area contributed by atoms with Crippen LogP contribution >= 0.6 is 0 Å². The molecule has 1 amide bonds. The average molecular weight is 433 g/mol. The molecule has 4 nitrogen and oxygen atoms in total. The molecule has 0 N–H and O–H groups in total. The zero-order valence-corrected chi connectivity index (χ0v) is 15.7. The lowest BCUT2D eigenvalue weighted by atomic mass is 10.0. The fourth-order valence-electron chi connectivity index (χ4n) is 3.39. The largest absolute Gasteiger partial charge is 0.573 e. The first kappa shape index (κ1) is 21.8. The molecule has 2 aromatic rings. The molecule has 0 bridgehead atoms. The summed E-state index contributed by atoms with van der Waals surface area (Å²) in [4.78, 5) is 13.4. The monoisotopic (exact) mass is 433 g/mol. The Kier molecular flexibility index (Phi) is 6.14. The molecule has 0 aliphatic carbocycles. The van der Waals surface area contributed by atoms with Crippen molar-refractivity contribution >= 4 is 5.91 Å². The van der Waals surface area contributed by atoms with Crippen molar-refractivity contribution in [2.45, 2.75) is 38.5 Å². The van der Waals surface area contributed by atoms with E-state index >= 15 is 0 Å². The minimum Gasteiger partial charge on any atom is -0.493 e. The predicted octanol–water partition coefficient (Wildman–Crippen LogP) is 5.07. The van der Waals surface area contributed by atoms with E-state index < -0.39 is 41.9 Å². The van der Waals surface area contributed by atoms with Crippen molar-refractivity contribution in [2.75, 3.05) is 6.61 Å². The lowest BCUT2D eigenvalue weighted by Gasteiger charge is -2.27. The second kappa shape index (κ2) is 8.45. The first-order chi connectivity index (χ1) is 14.1. The lowest BCUT2D eigenvalue weighted by molar-refractivity contribution is -0.275. The van der Waals surface area contributed by atoms with Gasteiger partial charge in [0.25, 0.3) is 5.91 Å². The van der Waals surface area contributed by atoms with E-state index in [-0.39, 0.29) is 36.4 Å². The van der Waals surface area contributed by atoms with E-state index in [1.807, 2.05) is 0 Å². The molecule has 0 saturated carbocycles. The van der Waals surface area contributed by atoms with Gasteiger partial charge in [0, 0.05) is 13.0 Å². The first-order valence-corrected chi connectivity index (χ1v) is 9.00. The normalized spacial score (nSPS) is 19.3. The molecule has 30 heavy (non-hydrogen) atoms. The highest BCUT2D eigenvalue weighted by molar-refractivity contribution is 5.84. The fourth-order valence-corrected chi connectivity index (χ4v) is 3.39. The van der Waals surface area contributed by atoms with Crippen molar-refractivity contribution in [1.82, 2.24) is 4.90 Å². The Morgan fingerprint density at radius 2 is 1.83 bits per heavy atom. The van der Waals surface area contributed by atoms with Crippen LogP contribution in [0.1, 0.15) is 30.5 Å². The lowest BCUT2D eigenvalue weighted by Crippen LogP contribution is -2.30. The molecule has 1 saturated heterocycles. The molecule has 1 aliphatic heterocycles. The number of halogens is 6. The minimum atomic E-state index is -5.07. The van der Waals surface area contributed by atoms with Crippen LogP contribution in [0.15, 0.2) is 36.4 Å². The molecule has 1 heterocycles. The number of alkyl halides is 4. The van der Waals surface area contributed by atoms with Gasteiger partial charge in [-0.15, -0.1) is 13.2 Å². The van der Waals surface area contributed by atoms with E-state index in [0.717, 1.165) is 29.2 Å². The summed E-state index contributed by atoms with van der Waals surface area (Å²) in [6, 6.07) is 5.65. The summed E-state index contributed by atoms with van der Waals surface area (Å²) in [5.41, 5.74) is 0.0779. The van der Waals surface area contributed by atoms with Gasteiger partial charge < -0.3 is 14.4 Å². The smallest absolute Gasteiger partial charge is 0.493 e. The molecule has 1 fully saturated rings. The number of likely N-dealkylation sites (tertiary alicyclic amines) is 1. The topological polar surface area (TPSA) is 38.8 Å². The molecule has 2 aromatic carbocycles. The highest BCUT2D eigenvalue weighted by Gasteiger charge is 2.43. The number of hydrogen-bond acceptors (Lipinski definition) is 3. The summed E-state index contributed by atoms with van der Waals surface area (Å²) in [5, 5.41) is 0. The zero-order valence-electron chi connectivity index (χ0n) is 15.7. The van der Waals surface area contributed by atoms with Gasteiger partial charge in [0.05, 0.1) is 18.2 Å². The minimum absolute atomic E-state index is 0.00894. The summed E-state index contributed by atoms with van der Waals surface area (Å²) < 4.78 is 88.6. The maximum Gasteiger partial charge on any atom is 0.573 e. The van der Waals surface area contributed by atoms with Crippen LogP contribution in [0.5, 0.6) is 11.5 Å². The summed E-state index contributed by atoms with van der Waals surface area (Å²) in [6.07, 6.45) is -7.31. The second-order valence-electron chi connectivity index (χ2n) is 6.58. The third kappa shape index (κ3) is 4.63. The average Bonchev–Trinajstić information content (AvgIpc) is 2.91. The van der Waals surface area contributed by atoms with Gasteiger partial charge in [-0.05, 0) is 36.8 Å². The molecule has 162 valence electrons. The standard InChI is InChI=1S/C20H17F6NO3/c1-2-29-17-5-3-4-12(21)18(17)15-9-14(23)19(28)27(15)10-11-6-7-16(13(22)8-11)30-20(24,25)26/h3-8,14-15H,2,9-10H2,1H3/t14-,15-/m0/s1. The van der Waals surface area contributed by atoms with E-state index in [9.17, 15) is 31.1 Å². The van der Waals surface area contributed by atoms with Gasteiger partial charge in [-0.1, -0.05) is 12.1 Å². The highest BCUT2D eigenvalue weighted by Crippen LogP contribution is 2.41. The van der Waals surface area contributed by atoms with Crippen LogP contribution < -0.4 is 9.47 Å². The number of amides is 1. The van der Waals surface area contributed by atoms with Gasteiger partial charge in [0.2, 0.25) is 0 Å². The SMILES string of the molecule is CCOc1cccc(F)c1[C@@H]1C[C@H](F)C(=O)N1Cc1ccc(OC(F)(F)F)c(F)c1. The number of carbonyl (C=O) groups is 1. The Hall–Kier alpha value is -2.91. The molecule has 0 radical (unpaired) electrons. The maximum atomic E-state index is 14.5. The quantitative estimate of drug-likeness (QED) is 0.597. The number of nitrogens with zero attached hydrogens (tertiary/aromatic N) is 1. The zero-order chi connectivity index (χ0) is 22.1. The van der Waals surface area contributed by atoms with Crippen molar-refractivity contribution < 1.29 is 40.6 Å². The van der Waals surface area contributed by atoms with Crippen LogP contribution in [-0.2, 0) is 11.3 Å². The number of benzene rings is 2. The van der Waals surface area contributed by atoms with Gasteiger partial charge in [-0.25, -0.2) is 13.2 Å². The second-order valence-corrected chi connectivity index (χ2v) is 6.58. The van der Waals surface area contributed by atoms with Crippen molar-refractivity contribution in [3.63, 3.8) is 0 Å². The summed E-state index contributed by atoms with van der Waals surface area (Å²) in [7, 11) is 0. The Morgan fingerprint density at radius 3 is 2.47 bits per heavy atom. The van der Waals surface area contributed by atoms with Crippen LogP contribution in [0.2, 0.25) is 0 Å². The van der Waals surface area contributed by atoms with Crippen molar-refractivity contribution in [2.24, 2.45) is 0 Å². The van der Waals surface area contributed by atoms with Gasteiger partial charge in [-0.2, -0.15) is 0 Å². The summed E-state index contributed by atoms with van der Waals surface area (Å²) >= 11 is 0. The van der Waals surface area contributed by atoms with E-state index in [4.69, 9.17) is 4.74 Å². The van der Waals surface area contributed by atoms with Crippen LogP contribution in [0.4, 0.5) is 26.3 Å². The fraction of sp³-hybridized carbons (Fsp3) is 0.350. The Bertz CT molecular complexity index is 933. The highest BCUT2D eigenvalue weighted by atomic mass is 19.4. The van der Waals surface area contributed by atoms with E-state index in [0.29, 0.717) is 0 Å². The first-order valence-electron chi connectivity index (χ1n) is 9.00. The molecule has 0 unspecified atom stereocenters. The van der Waals surface area contributed by atoms with Crippen molar-refractivity contribution in [1.29, 1.82) is 0 Å². The van der Waals surface area contributed by atoms with Crippen LogP contribution in [0.25, 0.3) is 0 Å². The van der Waals surface area contributed by atoms with Crippen LogP contribution in [-0.4, -0.2) is 29.9 Å². The van der Waals surface area contributed by atoms with Crippen LogP contribution in [0, 0.1) is 11.6 Å².